The van der Waals surface area contributed by atoms with Gasteiger partial charge in [-0.25, -0.2) is 8.42 Å². The average molecular weight is 514 g/mol. The van der Waals surface area contributed by atoms with Gasteiger partial charge in [-0.2, -0.15) is 0 Å². The summed E-state index contributed by atoms with van der Waals surface area (Å²) < 4.78 is 33.7. The smallest absolute Gasteiger partial charge is 0.261 e. The van der Waals surface area contributed by atoms with E-state index in [0.717, 1.165) is 11.3 Å². The maximum absolute atomic E-state index is 12.7. The summed E-state index contributed by atoms with van der Waals surface area (Å²) in [5, 5.41) is 0.697. The van der Waals surface area contributed by atoms with Gasteiger partial charge >= 0.3 is 0 Å². The van der Waals surface area contributed by atoms with Crippen molar-refractivity contribution >= 4 is 38.9 Å². The maximum Gasteiger partial charge on any atom is 0.261 e. The Morgan fingerprint density at radius 1 is 0.943 bits per heavy atom. The van der Waals surface area contributed by atoms with E-state index < -0.39 is 10.0 Å². The van der Waals surface area contributed by atoms with E-state index in [0.29, 0.717) is 48.2 Å². The number of nitrogens with zero attached hydrogens (tertiary/aromatic N) is 2. The summed E-state index contributed by atoms with van der Waals surface area (Å²) in [7, 11) is -3.73. The van der Waals surface area contributed by atoms with Crippen molar-refractivity contribution in [2.24, 2.45) is 0 Å². The topological polar surface area (TPSA) is 78.9 Å². The molecule has 1 fully saturated rings. The van der Waals surface area contributed by atoms with Crippen molar-refractivity contribution in [1.29, 1.82) is 0 Å². The molecule has 35 heavy (non-hydrogen) atoms. The molecule has 1 N–H and O–H groups in total. The van der Waals surface area contributed by atoms with E-state index in [-0.39, 0.29) is 17.4 Å². The Hall–Kier alpha value is -3.23. The zero-order valence-electron chi connectivity index (χ0n) is 19.7. The van der Waals surface area contributed by atoms with Crippen molar-refractivity contribution in [1.82, 2.24) is 4.90 Å². The molecule has 184 valence electrons. The fourth-order valence-corrected chi connectivity index (χ4v) is 5.33. The Balaban J connectivity index is 1.32. The molecule has 1 aliphatic heterocycles. The highest BCUT2D eigenvalue weighted by Gasteiger charge is 2.23. The van der Waals surface area contributed by atoms with Crippen LogP contribution in [0.15, 0.2) is 71.6 Å². The van der Waals surface area contributed by atoms with Crippen LogP contribution in [0.5, 0.6) is 5.75 Å². The predicted molar refractivity (Wildman–Crippen MR) is 139 cm³/mol. The zero-order valence-corrected chi connectivity index (χ0v) is 21.3. The number of amides is 1. The van der Waals surface area contributed by atoms with E-state index in [4.69, 9.17) is 16.3 Å². The number of ether oxygens (including phenoxy) is 1. The molecule has 0 aliphatic carbocycles. The molecule has 1 heterocycles. The number of hydrogen-bond donors (Lipinski definition) is 1. The van der Waals surface area contributed by atoms with Crippen LogP contribution in [-0.4, -0.2) is 52.0 Å². The van der Waals surface area contributed by atoms with Gasteiger partial charge in [0.25, 0.3) is 15.9 Å². The second-order valence-corrected chi connectivity index (χ2v) is 10.6. The minimum Gasteiger partial charge on any atom is -0.483 e. The van der Waals surface area contributed by atoms with Gasteiger partial charge in [0.2, 0.25) is 0 Å². The predicted octanol–water partition coefficient (Wildman–Crippen LogP) is 4.49. The summed E-state index contributed by atoms with van der Waals surface area (Å²) in [5.74, 6) is 0.375. The highest BCUT2D eigenvalue weighted by molar-refractivity contribution is 7.92. The number of para-hydroxylation sites is 1. The lowest BCUT2D eigenvalue weighted by Gasteiger charge is -2.36. The molecule has 7 nitrogen and oxygen atoms in total. The quantitative estimate of drug-likeness (QED) is 0.503. The van der Waals surface area contributed by atoms with E-state index >= 15 is 0 Å². The minimum absolute atomic E-state index is 0.102. The second-order valence-electron chi connectivity index (χ2n) is 8.49. The first-order valence-corrected chi connectivity index (χ1v) is 13.2. The number of nitrogens with one attached hydrogen (secondary N) is 1. The van der Waals surface area contributed by atoms with Gasteiger partial charge in [-0.3, -0.25) is 9.52 Å². The van der Waals surface area contributed by atoms with Gasteiger partial charge in [0.15, 0.2) is 6.61 Å². The summed E-state index contributed by atoms with van der Waals surface area (Å²) in [5.41, 5.74) is 3.36. The number of sulfonamides is 1. The lowest BCUT2D eigenvalue weighted by molar-refractivity contribution is -0.133. The van der Waals surface area contributed by atoms with Crippen LogP contribution in [0.25, 0.3) is 0 Å². The molecule has 0 saturated carbocycles. The van der Waals surface area contributed by atoms with Crippen LogP contribution in [0.2, 0.25) is 5.02 Å². The standard InChI is InChI=1S/C26H28ClN3O4S/c1-19-8-9-21(27)17-24(19)29-12-14-30(15-13-29)26(31)18-34-25-11-10-23(16-20(25)2)35(32,33)28-22-6-4-3-5-7-22/h3-11,16-17,28H,12-15,18H2,1-2H3. The number of hydrogen-bond acceptors (Lipinski definition) is 5. The van der Waals surface area contributed by atoms with Gasteiger partial charge in [0, 0.05) is 42.6 Å². The number of piperazine rings is 1. The van der Waals surface area contributed by atoms with Crippen molar-refractivity contribution in [3.63, 3.8) is 0 Å². The van der Waals surface area contributed by atoms with Crippen LogP contribution in [0.4, 0.5) is 11.4 Å². The molecule has 3 aromatic rings. The van der Waals surface area contributed by atoms with Crippen LogP contribution in [0, 0.1) is 13.8 Å². The van der Waals surface area contributed by atoms with E-state index in [9.17, 15) is 13.2 Å². The molecule has 4 rings (SSSR count). The fourth-order valence-electron chi connectivity index (χ4n) is 4.02. The summed E-state index contributed by atoms with van der Waals surface area (Å²) in [4.78, 5) is 16.9. The van der Waals surface area contributed by atoms with Crippen LogP contribution in [0.3, 0.4) is 0 Å². The average Bonchev–Trinajstić information content (AvgIpc) is 2.85. The third kappa shape index (κ3) is 6.07. The Kier molecular flexibility index (Phi) is 7.52. The normalized spacial score (nSPS) is 14.0. The van der Waals surface area contributed by atoms with Crippen LogP contribution < -0.4 is 14.4 Å². The minimum atomic E-state index is -3.73. The molecule has 1 amide bonds. The van der Waals surface area contributed by atoms with Crippen LogP contribution in [0.1, 0.15) is 11.1 Å². The fraction of sp³-hybridized carbons (Fsp3) is 0.269. The number of carbonyl (C=O) groups is 1. The van der Waals surface area contributed by atoms with Crippen molar-refractivity contribution < 1.29 is 17.9 Å². The molecule has 0 spiro atoms. The highest BCUT2D eigenvalue weighted by Crippen LogP contribution is 2.26. The first-order chi connectivity index (χ1) is 16.7. The van der Waals surface area contributed by atoms with E-state index in [1.54, 1.807) is 42.2 Å². The molecule has 9 heteroatoms. The number of rotatable bonds is 7. The van der Waals surface area contributed by atoms with Crippen LogP contribution in [-0.2, 0) is 14.8 Å². The number of benzene rings is 3. The van der Waals surface area contributed by atoms with Gasteiger partial charge in [-0.1, -0.05) is 35.9 Å². The first-order valence-electron chi connectivity index (χ1n) is 11.3. The van der Waals surface area contributed by atoms with Crippen molar-refractivity contribution in [3.05, 3.63) is 82.9 Å². The molecule has 0 atom stereocenters. The summed E-state index contributed by atoms with van der Waals surface area (Å²) in [6.45, 7) is 6.32. The van der Waals surface area contributed by atoms with Gasteiger partial charge in [-0.15, -0.1) is 0 Å². The Bertz CT molecular complexity index is 1310. The summed E-state index contributed by atoms with van der Waals surface area (Å²) >= 11 is 6.15. The zero-order chi connectivity index (χ0) is 25.0. The van der Waals surface area contributed by atoms with Gasteiger partial charge in [-0.05, 0) is 67.4 Å². The summed E-state index contributed by atoms with van der Waals surface area (Å²) in [6, 6.07) is 19.1. The van der Waals surface area contributed by atoms with E-state index in [1.165, 1.54) is 12.1 Å². The van der Waals surface area contributed by atoms with Crippen molar-refractivity contribution in [2.75, 3.05) is 42.4 Å². The number of aryl methyl sites for hydroxylation is 2. The molecular weight excluding hydrogens is 486 g/mol. The third-order valence-corrected chi connectivity index (χ3v) is 7.59. The lowest BCUT2D eigenvalue weighted by atomic mass is 10.1. The third-order valence-electron chi connectivity index (χ3n) is 5.98. The lowest BCUT2D eigenvalue weighted by Crippen LogP contribution is -2.50. The van der Waals surface area contributed by atoms with Crippen molar-refractivity contribution in [3.8, 4) is 5.75 Å². The van der Waals surface area contributed by atoms with Gasteiger partial charge in [0.05, 0.1) is 4.90 Å². The maximum atomic E-state index is 12.7. The second kappa shape index (κ2) is 10.6. The number of halogens is 1. The monoisotopic (exact) mass is 513 g/mol. The molecular formula is C26H28ClN3O4S. The summed E-state index contributed by atoms with van der Waals surface area (Å²) in [6.07, 6.45) is 0. The van der Waals surface area contributed by atoms with Crippen molar-refractivity contribution in [2.45, 2.75) is 18.7 Å². The molecule has 3 aromatic carbocycles. The SMILES string of the molecule is Cc1cc(S(=O)(=O)Nc2ccccc2)ccc1OCC(=O)N1CCN(c2cc(Cl)ccc2C)CC1. The number of anilines is 2. The molecule has 1 saturated heterocycles. The Morgan fingerprint density at radius 3 is 2.34 bits per heavy atom. The van der Waals surface area contributed by atoms with Crippen LogP contribution >= 0.6 is 11.6 Å². The Morgan fingerprint density at radius 2 is 1.66 bits per heavy atom. The molecule has 0 radical (unpaired) electrons. The largest absolute Gasteiger partial charge is 0.483 e. The van der Waals surface area contributed by atoms with E-state index in [1.807, 2.05) is 31.2 Å². The molecule has 0 unspecified atom stereocenters. The number of carbonyl (C=O) groups excluding carboxylic acids is 1. The van der Waals surface area contributed by atoms with Gasteiger partial charge < -0.3 is 14.5 Å². The molecule has 0 bridgehead atoms. The molecule has 1 aliphatic rings. The molecule has 0 aromatic heterocycles. The van der Waals surface area contributed by atoms with Gasteiger partial charge in [0.1, 0.15) is 5.75 Å². The first kappa shape index (κ1) is 24.9. The Labute approximate surface area is 211 Å². The highest BCUT2D eigenvalue weighted by atomic mass is 35.5. The van der Waals surface area contributed by atoms with E-state index in [2.05, 4.69) is 9.62 Å².